The first-order valence-corrected chi connectivity index (χ1v) is 9.40. The summed E-state index contributed by atoms with van der Waals surface area (Å²) in [6.07, 6.45) is -0.496. The molecule has 0 saturated carbocycles. The number of ether oxygens (including phenoxy) is 2. The summed E-state index contributed by atoms with van der Waals surface area (Å²) < 4.78 is 11.1. The van der Waals surface area contributed by atoms with Crippen LogP contribution in [0.3, 0.4) is 0 Å². The van der Waals surface area contributed by atoms with E-state index in [0.717, 1.165) is 11.3 Å². The van der Waals surface area contributed by atoms with Gasteiger partial charge >= 0.3 is 0 Å². The summed E-state index contributed by atoms with van der Waals surface area (Å²) in [6.45, 7) is 4.14. The molecule has 2 N–H and O–H groups in total. The molecule has 0 bridgehead atoms. The molecule has 5 nitrogen and oxygen atoms in total. The summed E-state index contributed by atoms with van der Waals surface area (Å²) in [5.41, 5.74) is 8.21. The molecular formula is C22H28N2O3. The van der Waals surface area contributed by atoms with Crippen LogP contribution in [0.4, 0.5) is 0 Å². The minimum absolute atomic E-state index is 0.0229. The van der Waals surface area contributed by atoms with Gasteiger partial charge in [0.05, 0.1) is 13.7 Å². The standard InChI is InChI=1S/C22H28N2O3/c1-16(27-15-17-7-6-10-20(11-17)26-2)22(25)24-13-19(12-23)21(14-24)18-8-4-3-5-9-18/h3-11,16,19,21H,12-15,23H2,1-2H3/t16?,19-,21+/m1/s1. The molecule has 0 radical (unpaired) electrons. The van der Waals surface area contributed by atoms with Crippen LogP contribution in [0, 0.1) is 5.92 Å². The van der Waals surface area contributed by atoms with Crippen LogP contribution in [0.25, 0.3) is 0 Å². The van der Waals surface area contributed by atoms with E-state index in [-0.39, 0.29) is 17.7 Å². The third-order valence-corrected chi connectivity index (χ3v) is 5.27. The Bertz CT molecular complexity index is 750. The van der Waals surface area contributed by atoms with Gasteiger partial charge in [0.15, 0.2) is 0 Å². The third kappa shape index (κ3) is 4.67. The van der Waals surface area contributed by atoms with Crippen molar-refractivity contribution < 1.29 is 14.3 Å². The Morgan fingerprint density at radius 3 is 2.67 bits per heavy atom. The maximum atomic E-state index is 12.9. The highest BCUT2D eigenvalue weighted by Crippen LogP contribution is 2.32. The lowest BCUT2D eigenvalue weighted by Gasteiger charge is -2.21. The van der Waals surface area contributed by atoms with Crippen LogP contribution in [0.2, 0.25) is 0 Å². The van der Waals surface area contributed by atoms with E-state index in [1.54, 1.807) is 7.11 Å². The van der Waals surface area contributed by atoms with Crippen LogP contribution in [0.1, 0.15) is 24.0 Å². The van der Waals surface area contributed by atoms with E-state index in [0.29, 0.717) is 26.2 Å². The number of carbonyl (C=O) groups is 1. The van der Waals surface area contributed by atoms with Gasteiger partial charge in [-0.25, -0.2) is 0 Å². The molecule has 27 heavy (non-hydrogen) atoms. The van der Waals surface area contributed by atoms with Crippen molar-refractivity contribution in [3.63, 3.8) is 0 Å². The normalized spacial score (nSPS) is 20.5. The Morgan fingerprint density at radius 2 is 1.96 bits per heavy atom. The first-order valence-electron chi connectivity index (χ1n) is 9.40. The highest BCUT2D eigenvalue weighted by Gasteiger charge is 2.36. The molecule has 0 aliphatic carbocycles. The largest absolute Gasteiger partial charge is 0.497 e. The van der Waals surface area contributed by atoms with E-state index in [9.17, 15) is 4.79 Å². The van der Waals surface area contributed by atoms with Gasteiger partial charge in [0, 0.05) is 19.0 Å². The molecule has 0 aromatic heterocycles. The summed E-state index contributed by atoms with van der Waals surface area (Å²) in [6, 6.07) is 18.0. The molecule has 0 spiro atoms. The molecule has 5 heteroatoms. The van der Waals surface area contributed by atoms with Gasteiger partial charge in [-0.1, -0.05) is 42.5 Å². The monoisotopic (exact) mass is 368 g/mol. The van der Waals surface area contributed by atoms with Gasteiger partial charge in [0.1, 0.15) is 11.9 Å². The molecule has 1 amide bonds. The molecule has 1 unspecified atom stereocenters. The van der Waals surface area contributed by atoms with Crippen molar-refractivity contribution in [3.8, 4) is 5.75 Å². The second-order valence-corrected chi connectivity index (χ2v) is 7.06. The summed E-state index contributed by atoms with van der Waals surface area (Å²) in [4.78, 5) is 14.8. The molecule has 3 rings (SSSR count). The number of methoxy groups -OCH3 is 1. The zero-order valence-corrected chi connectivity index (χ0v) is 16.0. The second-order valence-electron chi connectivity index (χ2n) is 7.06. The predicted molar refractivity (Wildman–Crippen MR) is 106 cm³/mol. The number of hydrogen-bond acceptors (Lipinski definition) is 4. The quantitative estimate of drug-likeness (QED) is 0.816. The van der Waals surface area contributed by atoms with E-state index < -0.39 is 6.10 Å². The Labute approximate surface area is 161 Å². The van der Waals surface area contributed by atoms with Crippen LogP contribution >= 0.6 is 0 Å². The lowest BCUT2D eigenvalue weighted by molar-refractivity contribution is -0.142. The fourth-order valence-corrected chi connectivity index (χ4v) is 3.68. The number of rotatable bonds is 7. The Morgan fingerprint density at radius 1 is 1.19 bits per heavy atom. The SMILES string of the molecule is COc1cccc(COC(C)C(=O)N2C[C@@H](CN)[C@H](c3ccccc3)C2)c1. The van der Waals surface area contributed by atoms with Gasteiger partial charge in [-0.15, -0.1) is 0 Å². The average molecular weight is 368 g/mol. The topological polar surface area (TPSA) is 64.8 Å². The third-order valence-electron chi connectivity index (χ3n) is 5.27. The molecule has 2 aromatic rings. The van der Waals surface area contributed by atoms with Crippen molar-refractivity contribution in [1.29, 1.82) is 0 Å². The number of carbonyl (C=O) groups excluding carboxylic acids is 1. The van der Waals surface area contributed by atoms with Crippen molar-refractivity contribution in [2.75, 3.05) is 26.7 Å². The van der Waals surface area contributed by atoms with Crippen LogP contribution in [-0.4, -0.2) is 43.7 Å². The van der Waals surface area contributed by atoms with E-state index in [1.165, 1.54) is 5.56 Å². The highest BCUT2D eigenvalue weighted by molar-refractivity contribution is 5.81. The molecular weight excluding hydrogens is 340 g/mol. The Kier molecular flexibility index (Phi) is 6.48. The van der Waals surface area contributed by atoms with Gasteiger partial charge in [0.2, 0.25) is 0 Å². The smallest absolute Gasteiger partial charge is 0.251 e. The van der Waals surface area contributed by atoms with Gasteiger partial charge in [-0.2, -0.15) is 0 Å². The van der Waals surface area contributed by atoms with Crippen molar-refractivity contribution in [2.45, 2.75) is 25.6 Å². The number of benzene rings is 2. The van der Waals surface area contributed by atoms with E-state index in [4.69, 9.17) is 15.2 Å². The fourth-order valence-electron chi connectivity index (χ4n) is 3.68. The van der Waals surface area contributed by atoms with Gasteiger partial charge in [-0.3, -0.25) is 4.79 Å². The summed E-state index contributed by atoms with van der Waals surface area (Å²) in [5.74, 6) is 1.37. The predicted octanol–water partition coefficient (Wildman–Crippen LogP) is 2.80. The molecule has 2 aromatic carbocycles. The van der Waals surface area contributed by atoms with Crippen molar-refractivity contribution >= 4 is 5.91 Å². The maximum absolute atomic E-state index is 12.9. The molecule has 144 valence electrons. The van der Waals surface area contributed by atoms with Crippen LogP contribution in [0.15, 0.2) is 54.6 Å². The Balaban J connectivity index is 1.59. The van der Waals surface area contributed by atoms with E-state index >= 15 is 0 Å². The van der Waals surface area contributed by atoms with Crippen LogP contribution in [-0.2, 0) is 16.1 Å². The lowest BCUT2D eigenvalue weighted by Crippen LogP contribution is -2.38. The van der Waals surface area contributed by atoms with Crippen molar-refractivity contribution in [2.24, 2.45) is 11.7 Å². The van der Waals surface area contributed by atoms with Gasteiger partial charge in [-0.05, 0) is 42.6 Å². The summed E-state index contributed by atoms with van der Waals surface area (Å²) in [5, 5.41) is 0. The zero-order chi connectivity index (χ0) is 19.2. The molecule has 1 saturated heterocycles. The van der Waals surface area contributed by atoms with Crippen molar-refractivity contribution in [1.82, 2.24) is 4.90 Å². The fraction of sp³-hybridized carbons (Fsp3) is 0.409. The number of nitrogens with zero attached hydrogens (tertiary/aromatic N) is 1. The lowest BCUT2D eigenvalue weighted by atomic mass is 9.89. The molecule has 1 aliphatic heterocycles. The maximum Gasteiger partial charge on any atom is 0.251 e. The minimum Gasteiger partial charge on any atom is -0.497 e. The molecule has 1 fully saturated rings. The van der Waals surface area contributed by atoms with Crippen LogP contribution in [0.5, 0.6) is 5.75 Å². The number of hydrogen-bond donors (Lipinski definition) is 1. The number of amides is 1. The summed E-state index contributed by atoms with van der Waals surface area (Å²) >= 11 is 0. The van der Waals surface area contributed by atoms with Crippen molar-refractivity contribution in [3.05, 3.63) is 65.7 Å². The highest BCUT2D eigenvalue weighted by atomic mass is 16.5. The first-order chi connectivity index (χ1) is 13.1. The minimum atomic E-state index is -0.496. The Hall–Kier alpha value is -2.37. The number of likely N-dealkylation sites (tertiary alicyclic amines) is 1. The van der Waals surface area contributed by atoms with E-state index in [2.05, 4.69) is 12.1 Å². The average Bonchev–Trinajstić information content (AvgIpc) is 3.16. The molecule has 1 heterocycles. The van der Waals surface area contributed by atoms with Gasteiger partial charge < -0.3 is 20.1 Å². The summed E-state index contributed by atoms with van der Waals surface area (Å²) in [7, 11) is 1.64. The van der Waals surface area contributed by atoms with Gasteiger partial charge in [0.25, 0.3) is 5.91 Å². The zero-order valence-electron chi connectivity index (χ0n) is 16.0. The van der Waals surface area contributed by atoms with Crippen LogP contribution < -0.4 is 10.5 Å². The van der Waals surface area contributed by atoms with E-state index in [1.807, 2.05) is 54.3 Å². The number of nitrogens with two attached hydrogens (primary N) is 1. The first kappa shape index (κ1) is 19.4. The molecule has 1 aliphatic rings. The molecule has 3 atom stereocenters. The second kappa shape index (κ2) is 9.02.